The Morgan fingerprint density at radius 1 is 1.29 bits per heavy atom. The number of ketones is 1. The van der Waals surface area contributed by atoms with Crippen molar-refractivity contribution in [1.29, 1.82) is 0 Å². The molecule has 17 heavy (non-hydrogen) atoms. The van der Waals surface area contributed by atoms with E-state index in [0.717, 1.165) is 28.1 Å². The van der Waals surface area contributed by atoms with Gasteiger partial charge in [-0.15, -0.1) is 0 Å². The molecule has 1 aromatic carbocycles. The average Bonchev–Trinajstić information content (AvgIpc) is 2.53. The number of carbonyl (C=O) groups excluding carboxylic acids is 1. The number of nitrogens with zero attached hydrogens (tertiary/aromatic N) is 2. The van der Waals surface area contributed by atoms with Crippen LogP contribution in [-0.4, -0.2) is 15.6 Å². The minimum Gasteiger partial charge on any atom is -0.295 e. The van der Waals surface area contributed by atoms with Gasteiger partial charge in [-0.05, 0) is 32.4 Å². The molecule has 0 saturated carbocycles. The maximum absolute atomic E-state index is 11.4. The highest BCUT2D eigenvalue weighted by Crippen LogP contribution is 2.27. The molecule has 0 amide bonds. The van der Waals surface area contributed by atoms with E-state index in [4.69, 9.17) is 0 Å². The van der Waals surface area contributed by atoms with Crippen LogP contribution in [-0.2, 0) is 7.05 Å². The number of carbonyl (C=O) groups is 1. The summed E-state index contributed by atoms with van der Waals surface area (Å²) >= 11 is 0. The monoisotopic (exact) mass is 228 g/mol. The zero-order valence-corrected chi connectivity index (χ0v) is 10.6. The van der Waals surface area contributed by atoms with Gasteiger partial charge in [0.05, 0.1) is 5.69 Å². The first-order valence-corrected chi connectivity index (χ1v) is 5.62. The molecule has 0 unspecified atom stereocenters. The van der Waals surface area contributed by atoms with E-state index in [1.807, 2.05) is 49.8 Å². The number of hydrogen-bond donors (Lipinski definition) is 0. The first kappa shape index (κ1) is 11.6. The summed E-state index contributed by atoms with van der Waals surface area (Å²) in [7, 11) is 1.93. The van der Waals surface area contributed by atoms with Crippen molar-refractivity contribution in [1.82, 2.24) is 9.78 Å². The van der Waals surface area contributed by atoms with Crippen LogP contribution >= 0.6 is 0 Å². The van der Waals surface area contributed by atoms with Crippen LogP contribution in [0.15, 0.2) is 24.3 Å². The Bertz CT molecular complexity index is 582. The molecule has 2 rings (SSSR count). The smallest absolute Gasteiger partial charge is 0.159 e. The van der Waals surface area contributed by atoms with Crippen LogP contribution in [0.4, 0.5) is 0 Å². The highest BCUT2D eigenvalue weighted by Gasteiger charge is 2.12. The maximum atomic E-state index is 11.4. The zero-order chi connectivity index (χ0) is 12.6. The highest BCUT2D eigenvalue weighted by molar-refractivity contribution is 5.95. The van der Waals surface area contributed by atoms with Crippen LogP contribution < -0.4 is 0 Å². The largest absolute Gasteiger partial charge is 0.295 e. The summed E-state index contributed by atoms with van der Waals surface area (Å²) in [6, 6.07) is 7.70. The van der Waals surface area contributed by atoms with Gasteiger partial charge in [0.25, 0.3) is 0 Å². The summed E-state index contributed by atoms with van der Waals surface area (Å²) in [6.07, 6.45) is 0. The molecule has 0 N–H and O–H groups in total. The van der Waals surface area contributed by atoms with Crippen LogP contribution in [0.2, 0.25) is 0 Å². The highest BCUT2D eigenvalue weighted by atomic mass is 16.1. The second-order valence-electron chi connectivity index (χ2n) is 4.31. The standard InChI is InChI=1S/C14H16N2O/c1-9-14(10(2)16(4)15-9)13-7-5-6-12(8-13)11(3)17/h5-8H,1-4H3. The molecule has 0 bridgehead atoms. The Morgan fingerprint density at radius 2 is 2.00 bits per heavy atom. The Hall–Kier alpha value is -1.90. The molecule has 0 saturated heterocycles. The molecule has 0 aliphatic heterocycles. The predicted octanol–water partition coefficient (Wildman–Crippen LogP) is 2.91. The summed E-state index contributed by atoms with van der Waals surface area (Å²) in [5, 5.41) is 4.39. The minimum absolute atomic E-state index is 0.0889. The van der Waals surface area contributed by atoms with Gasteiger partial charge in [0.2, 0.25) is 0 Å². The van der Waals surface area contributed by atoms with E-state index in [-0.39, 0.29) is 5.78 Å². The average molecular weight is 228 g/mol. The lowest BCUT2D eigenvalue weighted by Gasteiger charge is -2.04. The third kappa shape index (κ3) is 2.00. The lowest BCUT2D eigenvalue weighted by molar-refractivity contribution is 0.101. The summed E-state index contributed by atoms with van der Waals surface area (Å²) in [5.41, 5.74) is 5.02. The Balaban J connectivity index is 2.60. The van der Waals surface area contributed by atoms with Gasteiger partial charge in [0.1, 0.15) is 0 Å². The molecular formula is C14H16N2O. The molecule has 1 aromatic heterocycles. The van der Waals surface area contributed by atoms with Gasteiger partial charge in [0, 0.05) is 23.9 Å². The fourth-order valence-electron chi connectivity index (χ4n) is 2.09. The summed E-state index contributed by atoms with van der Waals surface area (Å²) < 4.78 is 1.87. The number of aromatic nitrogens is 2. The van der Waals surface area contributed by atoms with E-state index >= 15 is 0 Å². The van der Waals surface area contributed by atoms with Gasteiger partial charge in [-0.2, -0.15) is 5.10 Å². The molecule has 0 aliphatic rings. The summed E-state index contributed by atoms with van der Waals surface area (Å²) in [4.78, 5) is 11.4. The second kappa shape index (κ2) is 4.17. The SMILES string of the molecule is CC(=O)c1cccc(-c2c(C)nn(C)c2C)c1. The summed E-state index contributed by atoms with van der Waals surface area (Å²) in [5.74, 6) is 0.0889. The molecule has 3 nitrogen and oxygen atoms in total. The molecule has 2 aromatic rings. The number of aryl methyl sites for hydroxylation is 2. The third-order valence-electron chi connectivity index (χ3n) is 3.07. The second-order valence-corrected chi connectivity index (χ2v) is 4.31. The van der Waals surface area contributed by atoms with E-state index in [1.165, 1.54) is 0 Å². The van der Waals surface area contributed by atoms with E-state index < -0.39 is 0 Å². The van der Waals surface area contributed by atoms with Gasteiger partial charge < -0.3 is 0 Å². The van der Waals surface area contributed by atoms with Crippen LogP contribution in [0.25, 0.3) is 11.1 Å². The van der Waals surface area contributed by atoms with Gasteiger partial charge in [-0.3, -0.25) is 9.48 Å². The quantitative estimate of drug-likeness (QED) is 0.741. The molecule has 88 valence electrons. The van der Waals surface area contributed by atoms with Crippen LogP contribution in [0.1, 0.15) is 28.7 Å². The summed E-state index contributed by atoms with van der Waals surface area (Å²) in [6.45, 7) is 5.61. The minimum atomic E-state index is 0.0889. The fourth-order valence-corrected chi connectivity index (χ4v) is 2.09. The normalized spacial score (nSPS) is 10.6. The molecule has 3 heteroatoms. The molecular weight excluding hydrogens is 212 g/mol. The topological polar surface area (TPSA) is 34.9 Å². The predicted molar refractivity (Wildman–Crippen MR) is 68.1 cm³/mol. The Labute approximate surface area is 101 Å². The fraction of sp³-hybridized carbons (Fsp3) is 0.286. The number of hydrogen-bond acceptors (Lipinski definition) is 2. The number of Topliss-reactive ketones (excluding diaryl/α,β-unsaturated/α-hetero) is 1. The van der Waals surface area contributed by atoms with Crippen molar-refractivity contribution in [3.63, 3.8) is 0 Å². The van der Waals surface area contributed by atoms with Crippen molar-refractivity contribution in [2.45, 2.75) is 20.8 Å². The van der Waals surface area contributed by atoms with Gasteiger partial charge in [0.15, 0.2) is 5.78 Å². The van der Waals surface area contributed by atoms with Crippen molar-refractivity contribution in [3.8, 4) is 11.1 Å². The number of rotatable bonds is 2. The van der Waals surface area contributed by atoms with E-state index in [0.29, 0.717) is 0 Å². The van der Waals surface area contributed by atoms with Crippen molar-refractivity contribution < 1.29 is 4.79 Å². The van der Waals surface area contributed by atoms with Crippen molar-refractivity contribution in [3.05, 3.63) is 41.2 Å². The maximum Gasteiger partial charge on any atom is 0.159 e. The molecule has 0 spiro atoms. The lowest BCUT2D eigenvalue weighted by atomic mass is 10.0. The van der Waals surface area contributed by atoms with Crippen LogP contribution in [0.5, 0.6) is 0 Å². The van der Waals surface area contributed by atoms with Crippen molar-refractivity contribution in [2.24, 2.45) is 7.05 Å². The molecule has 0 atom stereocenters. The molecule has 0 radical (unpaired) electrons. The number of benzene rings is 1. The first-order chi connectivity index (χ1) is 8.00. The first-order valence-electron chi connectivity index (χ1n) is 5.62. The van der Waals surface area contributed by atoms with E-state index in [1.54, 1.807) is 6.92 Å². The van der Waals surface area contributed by atoms with Crippen molar-refractivity contribution >= 4 is 5.78 Å². The third-order valence-corrected chi connectivity index (χ3v) is 3.07. The Kier molecular flexibility index (Phi) is 2.84. The zero-order valence-electron chi connectivity index (χ0n) is 10.6. The van der Waals surface area contributed by atoms with Crippen LogP contribution in [0, 0.1) is 13.8 Å². The van der Waals surface area contributed by atoms with Crippen LogP contribution in [0.3, 0.4) is 0 Å². The molecule has 0 fully saturated rings. The van der Waals surface area contributed by atoms with Gasteiger partial charge in [-0.1, -0.05) is 18.2 Å². The Morgan fingerprint density at radius 3 is 2.53 bits per heavy atom. The van der Waals surface area contributed by atoms with E-state index in [9.17, 15) is 4.79 Å². The van der Waals surface area contributed by atoms with E-state index in [2.05, 4.69) is 5.10 Å². The molecule has 0 aliphatic carbocycles. The van der Waals surface area contributed by atoms with Gasteiger partial charge in [-0.25, -0.2) is 0 Å². The molecule has 1 heterocycles. The lowest BCUT2D eigenvalue weighted by Crippen LogP contribution is -1.94. The van der Waals surface area contributed by atoms with Crippen molar-refractivity contribution in [2.75, 3.05) is 0 Å². The van der Waals surface area contributed by atoms with Gasteiger partial charge >= 0.3 is 0 Å².